The van der Waals surface area contributed by atoms with Gasteiger partial charge in [-0.25, -0.2) is 4.98 Å². The van der Waals surface area contributed by atoms with Gasteiger partial charge in [0.05, 0.1) is 0 Å². The fourth-order valence-electron chi connectivity index (χ4n) is 1.71. The average Bonchev–Trinajstić information content (AvgIpc) is 2.76. The normalized spacial score (nSPS) is 14.6. The van der Waals surface area contributed by atoms with Crippen LogP contribution >= 0.6 is 0 Å². The lowest BCUT2D eigenvalue weighted by Gasteiger charge is -2.21. The number of nitrogens with zero attached hydrogens (tertiary/aromatic N) is 2. The van der Waals surface area contributed by atoms with Gasteiger partial charge in [-0.3, -0.25) is 0 Å². The second-order valence-electron chi connectivity index (χ2n) is 4.61. The summed E-state index contributed by atoms with van der Waals surface area (Å²) in [5.74, 6) is 1.62. The molecule has 1 aromatic heterocycles. The number of aryl methyl sites for hydroxylation is 1. The summed E-state index contributed by atoms with van der Waals surface area (Å²) in [5.41, 5.74) is 0. The summed E-state index contributed by atoms with van der Waals surface area (Å²) >= 11 is 0. The molecular formula is C13H25N3O. The number of rotatable bonds is 8. The van der Waals surface area contributed by atoms with Crippen LogP contribution in [0.25, 0.3) is 0 Å². The minimum atomic E-state index is 0.448. The highest BCUT2D eigenvalue weighted by Gasteiger charge is 2.12. The summed E-state index contributed by atoms with van der Waals surface area (Å²) in [6, 6.07) is 0.448. The van der Waals surface area contributed by atoms with E-state index < -0.39 is 0 Å². The van der Waals surface area contributed by atoms with Gasteiger partial charge in [-0.15, -0.1) is 0 Å². The predicted molar refractivity (Wildman–Crippen MR) is 71.3 cm³/mol. The molecule has 1 N–H and O–H groups in total. The fraction of sp³-hybridized carbons (Fsp3) is 0.769. The number of nitrogens with one attached hydrogen (secondary N) is 1. The highest BCUT2D eigenvalue weighted by atomic mass is 16.5. The van der Waals surface area contributed by atoms with Gasteiger partial charge < -0.3 is 14.6 Å². The molecule has 98 valence electrons. The number of ether oxygens (including phenoxy) is 1. The van der Waals surface area contributed by atoms with Crippen molar-refractivity contribution in [1.29, 1.82) is 0 Å². The first kappa shape index (κ1) is 14.0. The van der Waals surface area contributed by atoms with Crippen molar-refractivity contribution < 1.29 is 4.74 Å². The van der Waals surface area contributed by atoms with E-state index in [4.69, 9.17) is 4.74 Å². The average molecular weight is 239 g/mol. The molecule has 0 amide bonds. The maximum absolute atomic E-state index is 5.06. The molecule has 1 rings (SSSR count). The maximum atomic E-state index is 5.06. The zero-order chi connectivity index (χ0) is 12.7. The van der Waals surface area contributed by atoms with E-state index in [0.717, 1.165) is 25.5 Å². The minimum Gasteiger partial charge on any atom is -0.385 e. The minimum absolute atomic E-state index is 0.448. The Morgan fingerprint density at radius 1 is 1.47 bits per heavy atom. The first-order valence-corrected chi connectivity index (χ1v) is 6.45. The lowest BCUT2D eigenvalue weighted by atomic mass is 10.0. The highest BCUT2D eigenvalue weighted by molar-refractivity contribution is 5.27. The molecule has 0 aromatic carbocycles. The molecule has 0 aliphatic heterocycles. The Labute approximate surface area is 104 Å². The molecule has 0 bridgehead atoms. The Hall–Kier alpha value is -1.03. The SMILES string of the molecule is CCC(C)C(C)Nc1nccn1CCCOC. The molecule has 4 nitrogen and oxygen atoms in total. The van der Waals surface area contributed by atoms with Crippen LogP contribution in [-0.2, 0) is 11.3 Å². The summed E-state index contributed by atoms with van der Waals surface area (Å²) in [4.78, 5) is 4.36. The first-order valence-electron chi connectivity index (χ1n) is 6.45. The van der Waals surface area contributed by atoms with Crippen molar-refractivity contribution in [2.75, 3.05) is 19.0 Å². The van der Waals surface area contributed by atoms with E-state index in [2.05, 4.69) is 35.6 Å². The Morgan fingerprint density at radius 3 is 2.88 bits per heavy atom. The van der Waals surface area contributed by atoms with Crippen LogP contribution in [0.3, 0.4) is 0 Å². The second-order valence-corrected chi connectivity index (χ2v) is 4.61. The highest BCUT2D eigenvalue weighted by Crippen LogP contribution is 2.13. The number of imidazole rings is 1. The van der Waals surface area contributed by atoms with E-state index in [1.54, 1.807) is 7.11 Å². The van der Waals surface area contributed by atoms with Gasteiger partial charge in [0.15, 0.2) is 0 Å². The number of aromatic nitrogens is 2. The summed E-state index contributed by atoms with van der Waals surface area (Å²) < 4.78 is 7.21. The van der Waals surface area contributed by atoms with Gasteiger partial charge in [0.25, 0.3) is 0 Å². The molecule has 0 aliphatic rings. The van der Waals surface area contributed by atoms with E-state index in [0.29, 0.717) is 12.0 Å². The molecule has 0 radical (unpaired) electrons. The molecule has 0 spiro atoms. The maximum Gasteiger partial charge on any atom is 0.202 e. The molecule has 0 aliphatic carbocycles. The molecule has 0 fully saturated rings. The third-order valence-corrected chi connectivity index (χ3v) is 3.32. The van der Waals surface area contributed by atoms with Gasteiger partial charge in [0.1, 0.15) is 0 Å². The molecule has 17 heavy (non-hydrogen) atoms. The quantitative estimate of drug-likeness (QED) is 0.709. The summed E-state index contributed by atoms with van der Waals surface area (Å²) in [7, 11) is 1.73. The van der Waals surface area contributed by atoms with Gasteiger partial charge in [0.2, 0.25) is 5.95 Å². The summed E-state index contributed by atoms with van der Waals surface area (Å²) in [5, 5.41) is 3.48. The smallest absolute Gasteiger partial charge is 0.202 e. The van der Waals surface area contributed by atoms with Gasteiger partial charge >= 0.3 is 0 Å². The van der Waals surface area contributed by atoms with Crippen LogP contribution in [0.4, 0.5) is 5.95 Å². The van der Waals surface area contributed by atoms with Crippen molar-refractivity contribution in [1.82, 2.24) is 9.55 Å². The molecule has 4 heteroatoms. The van der Waals surface area contributed by atoms with E-state index in [1.807, 2.05) is 12.4 Å². The topological polar surface area (TPSA) is 39.1 Å². The van der Waals surface area contributed by atoms with Crippen LogP contribution in [0.15, 0.2) is 12.4 Å². The Bertz CT molecular complexity index is 311. The van der Waals surface area contributed by atoms with Crippen LogP contribution in [0, 0.1) is 5.92 Å². The van der Waals surface area contributed by atoms with Crippen molar-refractivity contribution in [3.8, 4) is 0 Å². The Morgan fingerprint density at radius 2 is 2.24 bits per heavy atom. The monoisotopic (exact) mass is 239 g/mol. The van der Waals surface area contributed by atoms with Gasteiger partial charge in [-0.2, -0.15) is 0 Å². The predicted octanol–water partition coefficient (Wildman–Crippen LogP) is 2.77. The first-order chi connectivity index (χ1) is 8.19. The zero-order valence-corrected chi connectivity index (χ0v) is 11.4. The third-order valence-electron chi connectivity index (χ3n) is 3.32. The van der Waals surface area contributed by atoms with Crippen molar-refractivity contribution in [3.63, 3.8) is 0 Å². The molecular weight excluding hydrogens is 214 g/mol. The Kier molecular flexibility index (Phi) is 6.05. The van der Waals surface area contributed by atoms with Gasteiger partial charge in [0, 0.05) is 38.7 Å². The lowest BCUT2D eigenvalue weighted by molar-refractivity contribution is 0.190. The van der Waals surface area contributed by atoms with Crippen molar-refractivity contribution in [2.45, 2.75) is 46.2 Å². The van der Waals surface area contributed by atoms with E-state index in [1.165, 1.54) is 6.42 Å². The number of anilines is 1. The van der Waals surface area contributed by atoms with E-state index in [-0.39, 0.29) is 0 Å². The fourth-order valence-corrected chi connectivity index (χ4v) is 1.71. The van der Waals surface area contributed by atoms with Crippen LogP contribution in [-0.4, -0.2) is 29.3 Å². The Balaban J connectivity index is 2.50. The lowest BCUT2D eigenvalue weighted by Crippen LogP contribution is -2.25. The van der Waals surface area contributed by atoms with E-state index >= 15 is 0 Å². The number of hydrogen-bond donors (Lipinski definition) is 1. The van der Waals surface area contributed by atoms with E-state index in [9.17, 15) is 0 Å². The number of methoxy groups -OCH3 is 1. The third kappa shape index (κ3) is 4.38. The molecule has 0 saturated heterocycles. The molecule has 1 aromatic rings. The number of hydrogen-bond acceptors (Lipinski definition) is 3. The molecule has 2 atom stereocenters. The molecule has 0 saturated carbocycles. The van der Waals surface area contributed by atoms with Crippen LogP contribution in [0.2, 0.25) is 0 Å². The van der Waals surface area contributed by atoms with Crippen LogP contribution in [0.5, 0.6) is 0 Å². The van der Waals surface area contributed by atoms with Crippen molar-refractivity contribution in [2.24, 2.45) is 5.92 Å². The molecule has 2 unspecified atom stereocenters. The standard InChI is InChI=1S/C13H25N3O/c1-5-11(2)12(3)15-13-14-7-9-16(13)8-6-10-17-4/h7,9,11-12H,5-6,8,10H2,1-4H3,(H,14,15). The summed E-state index contributed by atoms with van der Waals surface area (Å²) in [6.07, 6.45) is 6.05. The molecule has 1 heterocycles. The van der Waals surface area contributed by atoms with Crippen molar-refractivity contribution >= 4 is 5.95 Å². The van der Waals surface area contributed by atoms with Gasteiger partial charge in [-0.1, -0.05) is 20.3 Å². The second kappa shape index (κ2) is 7.33. The summed E-state index contributed by atoms with van der Waals surface area (Å²) in [6.45, 7) is 8.42. The van der Waals surface area contributed by atoms with Crippen LogP contribution in [0.1, 0.15) is 33.6 Å². The zero-order valence-electron chi connectivity index (χ0n) is 11.4. The van der Waals surface area contributed by atoms with Gasteiger partial charge in [-0.05, 0) is 19.3 Å². The van der Waals surface area contributed by atoms with Crippen molar-refractivity contribution in [3.05, 3.63) is 12.4 Å². The van der Waals surface area contributed by atoms with Crippen LogP contribution < -0.4 is 5.32 Å². The largest absolute Gasteiger partial charge is 0.385 e.